The van der Waals surface area contributed by atoms with Gasteiger partial charge < -0.3 is 15.0 Å². The first kappa shape index (κ1) is 22.4. The monoisotopic (exact) mass is 437 g/mol. The van der Waals surface area contributed by atoms with Crippen molar-refractivity contribution in [2.24, 2.45) is 5.92 Å². The molecule has 31 heavy (non-hydrogen) atoms. The second-order valence-corrected chi connectivity index (χ2v) is 7.17. The molecule has 7 nitrogen and oxygen atoms in total. The van der Waals surface area contributed by atoms with E-state index >= 15 is 0 Å². The second kappa shape index (κ2) is 9.67. The van der Waals surface area contributed by atoms with Gasteiger partial charge in [0.2, 0.25) is 5.91 Å². The number of carbonyl (C=O) groups excluding carboxylic acids is 1. The summed E-state index contributed by atoms with van der Waals surface area (Å²) < 4.78 is 43.0. The van der Waals surface area contributed by atoms with E-state index in [0.717, 1.165) is 12.1 Å². The molecule has 1 amide bonds. The van der Waals surface area contributed by atoms with E-state index in [0.29, 0.717) is 37.4 Å². The third kappa shape index (κ3) is 5.87. The minimum atomic E-state index is -4.40. The lowest BCUT2D eigenvalue weighted by Crippen LogP contribution is -2.41. The van der Waals surface area contributed by atoms with E-state index in [4.69, 9.17) is 4.74 Å². The summed E-state index contributed by atoms with van der Waals surface area (Å²) in [6, 6.07) is 10.9. The predicted octanol–water partition coefficient (Wildman–Crippen LogP) is 4.03. The van der Waals surface area contributed by atoms with Crippen LogP contribution in [0.2, 0.25) is 0 Å². The highest BCUT2D eigenvalue weighted by atomic mass is 19.4. The number of ether oxygens (including phenoxy) is 1. The SMILES string of the molecule is O=C(NCCOc1ccc(C(F)(F)F)cc1)C1CCN(c2ccccc2[N+](=O)[O-])CC1. The normalized spacial score (nSPS) is 14.9. The number of amides is 1. The van der Waals surface area contributed by atoms with Gasteiger partial charge in [-0.2, -0.15) is 13.2 Å². The first-order valence-corrected chi connectivity index (χ1v) is 9.82. The number of nitro benzene ring substituents is 1. The molecule has 0 aromatic heterocycles. The Balaban J connectivity index is 1.41. The summed E-state index contributed by atoms with van der Waals surface area (Å²) in [6.07, 6.45) is -3.26. The number of halogens is 3. The standard InChI is InChI=1S/C21H22F3N3O4/c22-21(23,24)16-5-7-17(8-6-16)31-14-11-25-20(28)15-9-12-26(13-10-15)18-3-1-2-4-19(18)27(29)30/h1-8,15H,9-14H2,(H,25,28). The van der Waals surface area contributed by atoms with E-state index in [1.165, 1.54) is 18.2 Å². The Hall–Kier alpha value is -3.30. The van der Waals surface area contributed by atoms with Crippen LogP contribution in [-0.4, -0.2) is 37.1 Å². The molecule has 0 atom stereocenters. The van der Waals surface area contributed by atoms with E-state index in [9.17, 15) is 28.1 Å². The van der Waals surface area contributed by atoms with Crippen LogP contribution in [0, 0.1) is 16.0 Å². The third-order valence-electron chi connectivity index (χ3n) is 5.14. The van der Waals surface area contributed by atoms with Crippen LogP contribution >= 0.6 is 0 Å². The lowest BCUT2D eigenvalue weighted by atomic mass is 9.95. The Morgan fingerprint density at radius 2 is 1.77 bits per heavy atom. The van der Waals surface area contributed by atoms with Crippen molar-refractivity contribution in [3.05, 3.63) is 64.2 Å². The van der Waals surface area contributed by atoms with Crippen molar-refractivity contribution in [3.8, 4) is 5.75 Å². The second-order valence-electron chi connectivity index (χ2n) is 7.17. The number of hydrogen-bond acceptors (Lipinski definition) is 5. The molecule has 10 heteroatoms. The molecule has 3 rings (SSSR count). The molecule has 0 radical (unpaired) electrons. The van der Waals surface area contributed by atoms with Gasteiger partial charge in [0.1, 0.15) is 18.0 Å². The van der Waals surface area contributed by atoms with E-state index in [1.807, 2.05) is 4.90 Å². The van der Waals surface area contributed by atoms with Crippen LogP contribution in [0.1, 0.15) is 18.4 Å². The third-order valence-corrected chi connectivity index (χ3v) is 5.14. The van der Waals surface area contributed by atoms with Gasteiger partial charge >= 0.3 is 6.18 Å². The van der Waals surface area contributed by atoms with Gasteiger partial charge in [0, 0.05) is 25.1 Å². The number of anilines is 1. The van der Waals surface area contributed by atoms with E-state index in [-0.39, 0.29) is 30.7 Å². The fourth-order valence-corrected chi connectivity index (χ4v) is 3.50. The maximum absolute atomic E-state index is 12.5. The van der Waals surface area contributed by atoms with Gasteiger partial charge in [0.05, 0.1) is 17.0 Å². The lowest BCUT2D eigenvalue weighted by Gasteiger charge is -2.32. The van der Waals surface area contributed by atoms with E-state index in [2.05, 4.69) is 5.32 Å². The molecule has 1 aliphatic heterocycles. The Morgan fingerprint density at radius 1 is 1.13 bits per heavy atom. The summed E-state index contributed by atoms with van der Waals surface area (Å²) in [7, 11) is 0. The smallest absolute Gasteiger partial charge is 0.416 e. The Labute approximate surface area is 177 Å². The summed E-state index contributed by atoms with van der Waals surface area (Å²) >= 11 is 0. The molecule has 0 spiro atoms. The number of carbonyl (C=O) groups is 1. The van der Waals surface area contributed by atoms with E-state index in [1.54, 1.807) is 18.2 Å². The fourth-order valence-electron chi connectivity index (χ4n) is 3.50. The molecule has 0 aliphatic carbocycles. The molecular formula is C21H22F3N3O4. The van der Waals surface area contributed by atoms with Crippen molar-refractivity contribution in [1.82, 2.24) is 5.32 Å². The topological polar surface area (TPSA) is 84.7 Å². The highest BCUT2D eigenvalue weighted by Gasteiger charge is 2.30. The van der Waals surface area contributed by atoms with Crippen LogP contribution < -0.4 is 15.0 Å². The number of para-hydroxylation sites is 2. The summed E-state index contributed by atoms with van der Waals surface area (Å²) in [6.45, 7) is 1.42. The zero-order valence-corrected chi connectivity index (χ0v) is 16.6. The lowest BCUT2D eigenvalue weighted by molar-refractivity contribution is -0.384. The van der Waals surface area contributed by atoms with Gasteiger partial charge in [0.15, 0.2) is 0 Å². The van der Waals surface area contributed by atoms with Gasteiger partial charge in [-0.1, -0.05) is 12.1 Å². The molecule has 2 aromatic carbocycles. The number of piperidine rings is 1. The van der Waals surface area contributed by atoms with Gasteiger partial charge in [-0.3, -0.25) is 14.9 Å². The van der Waals surface area contributed by atoms with Crippen LogP contribution in [0.3, 0.4) is 0 Å². The maximum Gasteiger partial charge on any atom is 0.416 e. The van der Waals surface area contributed by atoms with Gasteiger partial charge in [0.25, 0.3) is 5.69 Å². The zero-order chi connectivity index (χ0) is 22.4. The first-order chi connectivity index (χ1) is 14.8. The van der Waals surface area contributed by atoms with Crippen LogP contribution in [0.4, 0.5) is 24.5 Å². The number of rotatable bonds is 7. The highest BCUT2D eigenvalue weighted by molar-refractivity contribution is 5.79. The Bertz CT molecular complexity index is 911. The summed E-state index contributed by atoms with van der Waals surface area (Å²) in [4.78, 5) is 25.1. The Morgan fingerprint density at radius 3 is 2.39 bits per heavy atom. The number of hydrogen-bond donors (Lipinski definition) is 1. The van der Waals surface area contributed by atoms with Crippen molar-refractivity contribution in [3.63, 3.8) is 0 Å². The molecule has 2 aromatic rings. The molecular weight excluding hydrogens is 415 g/mol. The number of alkyl halides is 3. The van der Waals surface area contributed by atoms with E-state index < -0.39 is 16.7 Å². The van der Waals surface area contributed by atoms with Gasteiger partial charge in [-0.25, -0.2) is 0 Å². The van der Waals surface area contributed by atoms with Crippen molar-refractivity contribution in [2.45, 2.75) is 19.0 Å². The molecule has 1 heterocycles. The van der Waals surface area contributed by atoms with Crippen molar-refractivity contribution < 1.29 is 27.6 Å². The van der Waals surface area contributed by atoms with Crippen molar-refractivity contribution in [2.75, 3.05) is 31.1 Å². The number of benzene rings is 2. The highest BCUT2D eigenvalue weighted by Crippen LogP contribution is 2.31. The number of nitro groups is 1. The molecule has 1 fully saturated rings. The summed E-state index contributed by atoms with van der Waals surface area (Å²) in [5.74, 6) is -0.0386. The largest absolute Gasteiger partial charge is 0.492 e. The minimum Gasteiger partial charge on any atom is -0.492 e. The maximum atomic E-state index is 12.5. The molecule has 0 bridgehead atoms. The molecule has 1 saturated heterocycles. The van der Waals surface area contributed by atoms with Crippen LogP contribution in [0.15, 0.2) is 48.5 Å². The average Bonchev–Trinajstić information content (AvgIpc) is 2.76. The van der Waals surface area contributed by atoms with Gasteiger partial charge in [-0.15, -0.1) is 0 Å². The molecule has 0 saturated carbocycles. The summed E-state index contributed by atoms with van der Waals surface area (Å²) in [5, 5.41) is 14.0. The molecule has 0 unspecified atom stereocenters. The first-order valence-electron chi connectivity index (χ1n) is 9.82. The zero-order valence-electron chi connectivity index (χ0n) is 16.6. The van der Waals surface area contributed by atoms with Crippen molar-refractivity contribution in [1.29, 1.82) is 0 Å². The molecule has 1 N–H and O–H groups in total. The quantitative estimate of drug-likeness (QED) is 0.402. The predicted molar refractivity (Wildman–Crippen MR) is 108 cm³/mol. The van der Waals surface area contributed by atoms with Crippen molar-refractivity contribution >= 4 is 17.3 Å². The number of nitrogens with one attached hydrogen (secondary N) is 1. The van der Waals surface area contributed by atoms with Crippen LogP contribution in [0.25, 0.3) is 0 Å². The van der Waals surface area contributed by atoms with Crippen LogP contribution in [-0.2, 0) is 11.0 Å². The molecule has 166 valence electrons. The summed E-state index contributed by atoms with van der Waals surface area (Å²) in [5.41, 5.74) is -0.151. The minimum absolute atomic E-state index is 0.0471. The Kier molecular flexibility index (Phi) is 6.98. The fraction of sp³-hybridized carbons (Fsp3) is 0.381. The molecule has 1 aliphatic rings. The number of nitrogens with zero attached hydrogens (tertiary/aromatic N) is 2. The van der Waals surface area contributed by atoms with Crippen LogP contribution in [0.5, 0.6) is 5.75 Å². The average molecular weight is 437 g/mol. The van der Waals surface area contributed by atoms with Gasteiger partial charge in [-0.05, 0) is 43.2 Å².